The van der Waals surface area contributed by atoms with Gasteiger partial charge in [-0.25, -0.2) is 4.79 Å². The molecule has 2 fully saturated rings. The van der Waals surface area contributed by atoms with Crippen molar-refractivity contribution in [1.82, 2.24) is 9.80 Å². The summed E-state index contributed by atoms with van der Waals surface area (Å²) in [6.45, 7) is 5.18. The number of alkyl halides is 6. The Labute approximate surface area is 142 Å². The third-order valence-electron chi connectivity index (χ3n) is 5.04. The molecule has 1 amide bonds. The molecule has 4 nitrogen and oxygen atoms in total. The Balaban J connectivity index is 1.99. The fourth-order valence-electron chi connectivity index (χ4n) is 3.90. The predicted octanol–water partition coefficient (Wildman–Crippen LogP) is 3.96. The number of carbonyl (C=O) groups is 1. The van der Waals surface area contributed by atoms with Gasteiger partial charge in [0.25, 0.3) is 6.10 Å². The fraction of sp³-hybridized carbons (Fsp3) is 0.933. The van der Waals surface area contributed by atoms with Gasteiger partial charge in [-0.1, -0.05) is 0 Å². The van der Waals surface area contributed by atoms with Crippen molar-refractivity contribution in [1.29, 1.82) is 0 Å². The molecular formula is C15H22F6N2O2. The normalized spacial score (nSPS) is 22.2. The molecule has 146 valence electrons. The number of nitrogens with zero attached hydrogens (tertiary/aromatic N) is 2. The van der Waals surface area contributed by atoms with Crippen LogP contribution in [0.2, 0.25) is 0 Å². The highest BCUT2D eigenvalue weighted by atomic mass is 19.4. The summed E-state index contributed by atoms with van der Waals surface area (Å²) in [5.74, 6) is 0. The maximum absolute atomic E-state index is 12.5. The van der Waals surface area contributed by atoms with Gasteiger partial charge in [-0.3, -0.25) is 4.90 Å². The predicted molar refractivity (Wildman–Crippen MR) is 77.0 cm³/mol. The molecule has 0 aliphatic carbocycles. The summed E-state index contributed by atoms with van der Waals surface area (Å²) < 4.78 is 78.8. The summed E-state index contributed by atoms with van der Waals surface area (Å²) in [5.41, 5.74) is -0.127. The maximum Gasteiger partial charge on any atom is 0.434 e. The van der Waals surface area contributed by atoms with Crippen LogP contribution in [0.1, 0.15) is 39.5 Å². The molecule has 2 saturated heterocycles. The minimum atomic E-state index is -5.69. The quantitative estimate of drug-likeness (QED) is 0.684. The van der Waals surface area contributed by atoms with Gasteiger partial charge in [-0.15, -0.1) is 0 Å². The van der Waals surface area contributed by atoms with Crippen molar-refractivity contribution in [2.45, 2.75) is 69.6 Å². The monoisotopic (exact) mass is 376 g/mol. The summed E-state index contributed by atoms with van der Waals surface area (Å²) in [7, 11) is 0. The summed E-state index contributed by atoms with van der Waals surface area (Å²) in [6.07, 6.45) is -14.1. The second-order valence-electron chi connectivity index (χ2n) is 6.95. The van der Waals surface area contributed by atoms with E-state index in [2.05, 4.69) is 9.64 Å². The molecule has 2 rings (SSSR count). The van der Waals surface area contributed by atoms with E-state index in [9.17, 15) is 31.1 Å². The van der Waals surface area contributed by atoms with E-state index >= 15 is 0 Å². The first-order valence-corrected chi connectivity index (χ1v) is 8.22. The molecule has 0 aromatic carbocycles. The van der Waals surface area contributed by atoms with E-state index in [1.54, 1.807) is 0 Å². The Morgan fingerprint density at radius 2 is 1.48 bits per heavy atom. The van der Waals surface area contributed by atoms with Gasteiger partial charge in [-0.2, -0.15) is 26.3 Å². The molecule has 0 radical (unpaired) electrons. The number of hydrogen-bond donors (Lipinski definition) is 0. The largest absolute Gasteiger partial charge is 0.434 e. The van der Waals surface area contributed by atoms with Crippen molar-refractivity contribution in [3.8, 4) is 0 Å². The highest BCUT2D eigenvalue weighted by molar-refractivity contribution is 5.68. The summed E-state index contributed by atoms with van der Waals surface area (Å²) >= 11 is 0. The maximum atomic E-state index is 12.5. The second kappa shape index (κ2) is 6.85. The molecule has 0 N–H and O–H groups in total. The van der Waals surface area contributed by atoms with Crippen LogP contribution < -0.4 is 0 Å². The van der Waals surface area contributed by atoms with Gasteiger partial charge in [0.1, 0.15) is 0 Å². The average molecular weight is 376 g/mol. The molecule has 0 aromatic heterocycles. The van der Waals surface area contributed by atoms with Crippen molar-refractivity contribution < 1.29 is 35.9 Å². The number of halogens is 6. The Hall–Kier alpha value is -1.19. The molecule has 0 saturated carbocycles. The average Bonchev–Trinajstić information content (AvgIpc) is 2.86. The van der Waals surface area contributed by atoms with Gasteiger partial charge in [0.2, 0.25) is 0 Å². The van der Waals surface area contributed by atoms with Crippen molar-refractivity contribution in [2.75, 3.05) is 19.6 Å². The highest BCUT2D eigenvalue weighted by Crippen LogP contribution is 2.40. The zero-order valence-corrected chi connectivity index (χ0v) is 14.1. The first-order valence-electron chi connectivity index (χ1n) is 8.22. The van der Waals surface area contributed by atoms with Crippen molar-refractivity contribution in [3.05, 3.63) is 0 Å². The number of amides is 1. The second-order valence-corrected chi connectivity index (χ2v) is 6.95. The van der Waals surface area contributed by atoms with Crippen molar-refractivity contribution in [2.24, 2.45) is 0 Å². The number of piperidine rings is 1. The minimum Gasteiger partial charge on any atom is -0.426 e. The lowest BCUT2D eigenvalue weighted by molar-refractivity contribution is -0.308. The molecule has 1 spiro atoms. The van der Waals surface area contributed by atoms with E-state index in [1.807, 2.05) is 13.8 Å². The molecule has 0 unspecified atom stereocenters. The SMILES string of the molecule is CC(C)N1CCCC12CCN(C(=O)OC(C(F)(F)F)C(F)(F)F)CC2. The number of rotatable bonds is 2. The zero-order valence-electron chi connectivity index (χ0n) is 14.1. The van der Waals surface area contributed by atoms with E-state index in [4.69, 9.17) is 0 Å². The van der Waals surface area contributed by atoms with Gasteiger partial charge < -0.3 is 9.64 Å². The van der Waals surface area contributed by atoms with Gasteiger partial charge in [0.15, 0.2) is 0 Å². The lowest BCUT2D eigenvalue weighted by atomic mass is 9.84. The van der Waals surface area contributed by atoms with E-state index in [0.29, 0.717) is 18.9 Å². The van der Waals surface area contributed by atoms with Gasteiger partial charge in [0, 0.05) is 24.7 Å². The summed E-state index contributed by atoms with van der Waals surface area (Å²) in [5, 5.41) is 0. The van der Waals surface area contributed by atoms with Crippen LogP contribution in [0.15, 0.2) is 0 Å². The Bertz CT molecular complexity index is 469. The fourth-order valence-corrected chi connectivity index (χ4v) is 3.90. The lowest BCUT2D eigenvalue weighted by Gasteiger charge is -2.46. The number of ether oxygens (including phenoxy) is 1. The van der Waals surface area contributed by atoms with E-state index in [0.717, 1.165) is 24.3 Å². The summed E-state index contributed by atoms with van der Waals surface area (Å²) in [4.78, 5) is 15.1. The van der Waals surface area contributed by atoms with Gasteiger partial charge in [-0.05, 0) is 46.1 Å². The number of carbonyl (C=O) groups excluding carboxylic acids is 1. The van der Waals surface area contributed by atoms with E-state index in [1.165, 1.54) is 0 Å². The first-order chi connectivity index (χ1) is 11.4. The highest BCUT2D eigenvalue weighted by Gasteiger charge is 2.60. The number of likely N-dealkylation sites (tertiary alicyclic amines) is 2. The van der Waals surface area contributed by atoms with Gasteiger partial charge >= 0.3 is 18.4 Å². The number of hydrogen-bond acceptors (Lipinski definition) is 3. The third-order valence-corrected chi connectivity index (χ3v) is 5.04. The molecule has 0 aromatic rings. The van der Waals surface area contributed by atoms with Crippen LogP contribution in [0, 0.1) is 0 Å². The molecule has 0 bridgehead atoms. The lowest BCUT2D eigenvalue weighted by Crippen LogP contribution is -2.56. The van der Waals surface area contributed by atoms with Crippen molar-refractivity contribution >= 4 is 6.09 Å². The van der Waals surface area contributed by atoms with E-state index in [-0.39, 0.29) is 18.6 Å². The van der Waals surface area contributed by atoms with Crippen LogP contribution >= 0.6 is 0 Å². The smallest absolute Gasteiger partial charge is 0.426 e. The van der Waals surface area contributed by atoms with Crippen LogP contribution in [0.5, 0.6) is 0 Å². The Kier molecular flexibility index (Phi) is 5.51. The topological polar surface area (TPSA) is 32.8 Å². The van der Waals surface area contributed by atoms with Crippen LogP contribution in [0.3, 0.4) is 0 Å². The van der Waals surface area contributed by atoms with Crippen molar-refractivity contribution in [3.63, 3.8) is 0 Å². The first kappa shape index (κ1) is 20.1. The molecule has 10 heteroatoms. The molecule has 2 aliphatic rings. The van der Waals surface area contributed by atoms with E-state index < -0.39 is 24.5 Å². The minimum absolute atomic E-state index is 0.0878. The van der Waals surface area contributed by atoms with Crippen LogP contribution in [-0.4, -0.2) is 65.6 Å². The third kappa shape index (κ3) is 4.32. The summed E-state index contributed by atoms with van der Waals surface area (Å²) in [6, 6.07) is 0.292. The Morgan fingerprint density at radius 1 is 0.960 bits per heavy atom. The molecule has 2 aliphatic heterocycles. The van der Waals surface area contributed by atoms with Crippen LogP contribution in [0.25, 0.3) is 0 Å². The molecular weight excluding hydrogens is 354 g/mol. The zero-order chi connectivity index (χ0) is 19.0. The molecule has 2 heterocycles. The van der Waals surface area contributed by atoms with Crippen LogP contribution in [-0.2, 0) is 4.74 Å². The molecule has 25 heavy (non-hydrogen) atoms. The van der Waals surface area contributed by atoms with Crippen LogP contribution in [0.4, 0.5) is 31.1 Å². The standard InChI is InChI=1S/C15H22F6N2O2/c1-10(2)23-7-3-4-13(23)5-8-22(9-6-13)12(24)25-11(14(16,17)18)15(19,20)21/h10-11H,3-9H2,1-2H3. The Morgan fingerprint density at radius 3 is 1.92 bits per heavy atom. The molecule has 0 atom stereocenters. The van der Waals surface area contributed by atoms with Gasteiger partial charge in [0.05, 0.1) is 0 Å².